The van der Waals surface area contributed by atoms with Crippen LogP contribution in [0.4, 0.5) is 0 Å². The van der Waals surface area contributed by atoms with E-state index in [9.17, 15) is 9.59 Å². The summed E-state index contributed by atoms with van der Waals surface area (Å²) in [4.78, 5) is 26.8. The normalized spacial score (nSPS) is 11.0. The number of aryl methyl sites for hydroxylation is 1. The van der Waals surface area contributed by atoms with Gasteiger partial charge in [0.2, 0.25) is 0 Å². The first-order chi connectivity index (χ1) is 14.0. The number of hydrogen-bond donors (Lipinski definition) is 0. The van der Waals surface area contributed by atoms with Crippen LogP contribution in [0.25, 0.3) is 11.8 Å². The molecule has 1 amide bonds. The second-order valence-electron chi connectivity index (χ2n) is 6.60. The zero-order valence-corrected chi connectivity index (χ0v) is 17.5. The first-order valence-electron chi connectivity index (χ1n) is 9.18. The molecule has 0 aliphatic heterocycles. The summed E-state index contributed by atoms with van der Waals surface area (Å²) in [5, 5.41) is 6.51. The lowest BCUT2D eigenvalue weighted by atomic mass is 10.2. The molecule has 3 rings (SSSR count). The number of esters is 1. The lowest BCUT2D eigenvalue weighted by Gasteiger charge is -2.15. The Morgan fingerprint density at radius 1 is 1.17 bits per heavy atom. The zero-order chi connectivity index (χ0) is 20.8. The highest BCUT2D eigenvalue weighted by molar-refractivity contribution is 7.09. The van der Waals surface area contributed by atoms with Crippen molar-refractivity contribution >= 4 is 29.3 Å². The van der Waals surface area contributed by atoms with Crippen molar-refractivity contribution in [3.05, 3.63) is 75.7 Å². The highest BCUT2D eigenvalue weighted by Gasteiger charge is 2.13. The van der Waals surface area contributed by atoms with E-state index in [1.807, 2.05) is 66.4 Å². The van der Waals surface area contributed by atoms with Gasteiger partial charge in [0.05, 0.1) is 17.9 Å². The topological polar surface area (TPSA) is 64.4 Å². The molecule has 1 aromatic carbocycles. The number of para-hydroxylation sites is 1. The van der Waals surface area contributed by atoms with Gasteiger partial charge in [-0.05, 0) is 43.5 Å². The van der Waals surface area contributed by atoms with Crippen molar-refractivity contribution in [2.45, 2.75) is 20.4 Å². The SMILES string of the molecule is Cc1nn(-c2ccccc2)c(C)c1/C=C/C(=O)OCC(=O)N(C)Cc1cccs1. The fraction of sp³-hybridized carbons (Fsp3) is 0.227. The molecule has 0 bridgehead atoms. The molecule has 2 heterocycles. The number of aromatic nitrogens is 2. The molecule has 2 aromatic heterocycles. The Morgan fingerprint density at radius 2 is 1.93 bits per heavy atom. The van der Waals surface area contributed by atoms with E-state index in [0.717, 1.165) is 27.5 Å². The fourth-order valence-electron chi connectivity index (χ4n) is 2.88. The number of nitrogens with zero attached hydrogens (tertiary/aromatic N) is 3. The number of rotatable bonds is 7. The fourth-order valence-corrected chi connectivity index (χ4v) is 3.64. The number of thiophene rings is 1. The predicted molar refractivity (Wildman–Crippen MR) is 114 cm³/mol. The Hall–Kier alpha value is -3.19. The minimum atomic E-state index is -0.561. The van der Waals surface area contributed by atoms with E-state index in [1.165, 1.54) is 6.08 Å². The third kappa shape index (κ3) is 5.20. The molecule has 0 atom stereocenters. The minimum Gasteiger partial charge on any atom is -0.452 e. The van der Waals surface area contributed by atoms with Crippen molar-refractivity contribution in [1.29, 1.82) is 0 Å². The summed E-state index contributed by atoms with van der Waals surface area (Å²) in [5.41, 5.74) is 3.54. The average molecular weight is 410 g/mol. The van der Waals surface area contributed by atoms with Gasteiger partial charge in [-0.25, -0.2) is 9.48 Å². The monoisotopic (exact) mass is 409 g/mol. The molecule has 0 unspecified atom stereocenters. The minimum absolute atomic E-state index is 0.246. The summed E-state index contributed by atoms with van der Waals surface area (Å²) in [6, 6.07) is 13.7. The standard InChI is InChI=1S/C22H23N3O3S/c1-16-20(17(2)25(23-16)18-8-5-4-6-9-18)11-12-22(27)28-15-21(26)24(3)14-19-10-7-13-29-19/h4-13H,14-15H2,1-3H3/b12-11+. The maximum Gasteiger partial charge on any atom is 0.331 e. The van der Waals surface area contributed by atoms with Gasteiger partial charge < -0.3 is 9.64 Å². The second kappa shape index (κ2) is 9.34. The maximum atomic E-state index is 12.1. The summed E-state index contributed by atoms with van der Waals surface area (Å²) >= 11 is 1.58. The first kappa shape index (κ1) is 20.5. The Morgan fingerprint density at radius 3 is 2.62 bits per heavy atom. The molecule has 0 radical (unpaired) electrons. The predicted octanol–water partition coefficient (Wildman–Crippen LogP) is 3.77. The molecule has 0 spiro atoms. The largest absolute Gasteiger partial charge is 0.452 e. The van der Waals surface area contributed by atoms with Crippen molar-refractivity contribution in [1.82, 2.24) is 14.7 Å². The highest BCUT2D eigenvalue weighted by atomic mass is 32.1. The molecule has 3 aromatic rings. The van der Waals surface area contributed by atoms with E-state index < -0.39 is 5.97 Å². The van der Waals surface area contributed by atoms with Gasteiger partial charge in [-0.3, -0.25) is 4.79 Å². The molecule has 29 heavy (non-hydrogen) atoms. The molecule has 0 fully saturated rings. The van der Waals surface area contributed by atoms with Crippen molar-refractivity contribution in [3.8, 4) is 5.69 Å². The Labute approximate surface area is 174 Å². The summed E-state index contributed by atoms with van der Waals surface area (Å²) in [6.07, 6.45) is 3.01. The van der Waals surface area contributed by atoms with Crippen LogP contribution in [0.3, 0.4) is 0 Å². The molecular weight excluding hydrogens is 386 g/mol. The van der Waals surface area contributed by atoms with Gasteiger partial charge in [-0.15, -0.1) is 11.3 Å². The lowest BCUT2D eigenvalue weighted by Crippen LogP contribution is -2.30. The Balaban J connectivity index is 1.58. The van der Waals surface area contributed by atoms with E-state index in [4.69, 9.17) is 4.74 Å². The quantitative estimate of drug-likeness (QED) is 0.440. The number of benzene rings is 1. The van der Waals surface area contributed by atoms with Crippen LogP contribution < -0.4 is 0 Å². The van der Waals surface area contributed by atoms with Crippen LogP contribution >= 0.6 is 11.3 Å². The van der Waals surface area contributed by atoms with E-state index >= 15 is 0 Å². The number of carbonyl (C=O) groups is 2. The van der Waals surface area contributed by atoms with Gasteiger partial charge in [-0.1, -0.05) is 24.3 Å². The van der Waals surface area contributed by atoms with Crippen LogP contribution in [0, 0.1) is 13.8 Å². The zero-order valence-electron chi connectivity index (χ0n) is 16.7. The molecule has 0 saturated heterocycles. The molecule has 7 heteroatoms. The molecule has 0 aliphatic carbocycles. The summed E-state index contributed by atoms with van der Waals surface area (Å²) < 4.78 is 6.93. The van der Waals surface area contributed by atoms with Gasteiger partial charge in [0, 0.05) is 29.3 Å². The van der Waals surface area contributed by atoms with Crippen LogP contribution in [0.2, 0.25) is 0 Å². The number of amides is 1. The summed E-state index contributed by atoms with van der Waals surface area (Å²) in [5.74, 6) is -0.807. The van der Waals surface area contributed by atoms with Crippen molar-refractivity contribution in [3.63, 3.8) is 0 Å². The van der Waals surface area contributed by atoms with Crippen molar-refractivity contribution < 1.29 is 14.3 Å². The maximum absolute atomic E-state index is 12.1. The third-order valence-corrected chi connectivity index (χ3v) is 5.33. The van der Waals surface area contributed by atoms with E-state index in [0.29, 0.717) is 6.54 Å². The molecular formula is C22H23N3O3S. The van der Waals surface area contributed by atoms with Gasteiger partial charge in [0.1, 0.15) is 0 Å². The van der Waals surface area contributed by atoms with Crippen molar-refractivity contribution in [2.75, 3.05) is 13.7 Å². The number of likely N-dealkylation sites (N-methyl/N-ethyl adjacent to an activating group) is 1. The highest BCUT2D eigenvalue weighted by Crippen LogP contribution is 2.19. The first-order valence-corrected chi connectivity index (χ1v) is 10.1. The summed E-state index contributed by atoms with van der Waals surface area (Å²) in [7, 11) is 1.69. The van der Waals surface area contributed by atoms with Crippen LogP contribution in [-0.2, 0) is 20.9 Å². The second-order valence-corrected chi connectivity index (χ2v) is 7.63. The van der Waals surface area contributed by atoms with E-state index in [1.54, 1.807) is 29.4 Å². The van der Waals surface area contributed by atoms with E-state index in [-0.39, 0.29) is 12.5 Å². The molecule has 6 nitrogen and oxygen atoms in total. The molecule has 0 aliphatic rings. The van der Waals surface area contributed by atoms with Gasteiger partial charge in [0.15, 0.2) is 6.61 Å². The lowest BCUT2D eigenvalue weighted by molar-refractivity contribution is -0.147. The molecule has 0 N–H and O–H groups in total. The van der Waals surface area contributed by atoms with Gasteiger partial charge in [0.25, 0.3) is 5.91 Å². The smallest absolute Gasteiger partial charge is 0.331 e. The van der Waals surface area contributed by atoms with Crippen LogP contribution in [0.1, 0.15) is 21.8 Å². The number of ether oxygens (including phenoxy) is 1. The Bertz CT molecular complexity index is 1010. The van der Waals surface area contributed by atoms with Crippen LogP contribution in [0.15, 0.2) is 53.9 Å². The van der Waals surface area contributed by atoms with Crippen LogP contribution in [0.5, 0.6) is 0 Å². The van der Waals surface area contributed by atoms with Gasteiger partial charge >= 0.3 is 5.97 Å². The molecule has 150 valence electrons. The van der Waals surface area contributed by atoms with E-state index in [2.05, 4.69) is 5.10 Å². The number of hydrogen-bond acceptors (Lipinski definition) is 5. The average Bonchev–Trinajstić information content (AvgIpc) is 3.33. The Kier molecular flexibility index (Phi) is 6.61. The van der Waals surface area contributed by atoms with Crippen LogP contribution in [-0.4, -0.2) is 40.2 Å². The third-order valence-electron chi connectivity index (χ3n) is 4.47. The number of carbonyl (C=O) groups excluding carboxylic acids is 2. The molecule has 0 saturated carbocycles. The van der Waals surface area contributed by atoms with Crippen molar-refractivity contribution in [2.24, 2.45) is 0 Å². The van der Waals surface area contributed by atoms with Gasteiger partial charge in [-0.2, -0.15) is 5.10 Å². The summed E-state index contributed by atoms with van der Waals surface area (Å²) in [6.45, 7) is 4.05.